The number of hydrogen-bond donors (Lipinski definition) is 1. The van der Waals surface area contributed by atoms with Gasteiger partial charge in [-0.3, -0.25) is 4.79 Å². The van der Waals surface area contributed by atoms with Crippen molar-refractivity contribution in [3.8, 4) is 11.5 Å². The van der Waals surface area contributed by atoms with Crippen LogP contribution in [0.5, 0.6) is 11.5 Å². The predicted octanol–water partition coefficient (Wildman–Crippen LogP) is 2.33. The van der Waals surface area contributed by atoms with Crippen LogP contribution in [0.15, 0.2) is 35.2 Å². The van der Waals surface area contributed by atoms with Crippen molar-refractivity contribution in [2.75, 3.05) is 26.3 Å². The van der Waals surface area contributed by atoms with E-state index in [4.69, 9.17) is 9.47 Å². The lowest BCUT2D eigenvalue weighted by molar-refractivity contribution is -0.134. The zero-order valence-corrected chi connectivity index (χ0v) is 17.3. The van der Waals surface area contributed by atoms with Crippen LogP contribution in [0.2, 0.25) is 0 Å². The fraction of sp³-hybridized carbons (Fsp3) is 0.550. The highest BCUT2D eigenvalue weighted by Gasteiger charge is 2.33. The van der Waals surface area contributed by atoms with Crippen LogP contribution in [0.3, 0.4) is 0 Å². The standard InChI is InChI=1S/C20H28N2O5S/c1-14(2)19(20(23)22-9-7-15(3)8-10-22)21-28(24,25)16-5-6-17-18(13-16)27-12-4-11-26-17/h5-6,13-14,19,21H,3-4,7-12H2,1-2H3. The normalized spacial score (nSPS) is 18.7. The average molecular weight is 409 g/mol. The molecule has 2 heterocycles. The van der Waals surface area contributed by atoms with Gasteiger partial charge in [0.25, 0.3) is 0 Å². The number of carbonyl (C=O) groups is 1. The molecule has 0 radical (unpaired) electrons. The van der Waals surface area contributed by atoms with Crippen LogP contribution in [0.1, 0.15) is 33.1 Å². The summed E-state index contributed by atoms with van der Waals surface area (Å²) in [4.78, 5) is 14.7. The third-order valence-electron chi connectivity index (χ3n) is 5.03. The number of hydrogen-bond acceptors (Lipinski definition) is 5. The number of ether oxygens (including phenoxy) is 2. The Bertz CT molecular complexity index is 840. The third-order valence-corrected chi connectivity index (χ3v) is 6.47. The van der Waals surface area contributed by atoms with E-state index in [1.807, 2.05) is 13.8 Å². The van der Waals surface area contributed by atoms with Crippen LogP contribution >= 0.6 is 0 Å². The van der Waals surface area contributed by atoms with E-state index in [2.05, 4.69) is 11.3 Å². The molecule has 8 heteroatoms. The van der Waals surface area contributed by atoms with Crippen molar-refractivity contribution in [2.45, 2.75) is 44.0 Å². The quantitative estimate of drug-likeness (QED) is 0.756. The number of carbonyl (C=O) groups excluding carboxylic acids is 1. The van der Waals surface area contributed by atoms with Gasteiger partial charge in [-0.25, -0.2) is 8.42 Å². The van der Waals surface area contributed by atoms with E-state index in [1.54, 1.807) is 11.0 Å². The molecule has 1 amide bonds. The molecule has 0 aliphatic carbocycles. The van der Waals surface area contributed by atoms with Gasteiger partial charge < -0.3 is 14.4 Å². The van der Waals surface area contributed by atoms with Gasteiger partial charge >= 0.3 is 0 Å². The Morgan fingerprint density at radius 2 is 1.79 bits per heavy atom. The smallest absolute Gasteiger partial charge is 0.241 e. The molecule has 1 fully saturated rings. The van der Waals surface area contributed by atoms with Gasteiger partial charge in [-0.15, -0.1) is 0 Å². The second-order valence-corrected chi connectivity index (χ2v) is 9.29. The predicted molar refractivity (Wildman–Crippen MR) is 106 cm³/mol. The first kappa shape index (κ1) is 20.7. The number of likely N-dealkylation sites (tertiary alicyclic amines) is 1. The lowest BCUT2D eigenvalue weighted by Gasteiger charge is -2.33. The summed E-state index contributed by atoms with van der Waals surface area (Å²) in [6, 6.07) is 3.70. The highest BCUT2D eigenvalue weighted by atomic mass is 32.2. The molecule has 3 rings (SSSR count). The van der Waals surface area contributed by atoms with Gasteiger partial charge in [0.2, 0.25) is 15.9 Å². The Morgan fingerprint density at radius 3 is 2.43 bits per heavy atom. The lowest BCUT2D eigenvalue weighted by Crippen LogP contribution is -2.52. The molecule has 0 saturated carbocycles. The van der Waals surface area contributed by atoms with E-state index < -0.39 is 16.1 Å². The van der Waals surface area contributed by atoms with Gasteiger partial charge in [-0.2, -0.15) is 4.72 Å². The fourth-order valence-electron chi connectivity index (χ4n) is 3.26. The maximum atomic E-state index is 13.0. The topological polar surface area (TPSA) is 84.9 Å². The summed E-state index contributed by atoms with van der Waals surface area (Å²) in [5.74, 6) is 0.553. The van der Waals surface area contributed by atoms with E-state index >= 15 is 0 Å². The maximum Gasteiger partial charge on any atom is 0.241 e. The molecule has 1 unspecified atom stereocenters. The molecular formula is C20H28N2O5S. The van der Waals surface area contributed by atoms with Crippen molar-refractivity contribution in [3.05, 3.63) is 30.4 Å². The number of benzene rings is 1. The van der Waals surface area contributed by atoms with Gasteiger partial charge in [0, 0.05) is 25.6 Å². The van der Waals surface area contributed by atoms with Crippen molar-refractivity contribution in [2.24, 2.45) is 5.92 Å². The van der Waals surface area contributed by atoms with Gasteiger partial charge in [0.15, 0.2) is 11.5 Å². The van der Waals surface area contributed by atoms with Crippen molar-refractivity contribution in [3.63, 3.8) is 0 Å². The number of fused-ring (bicyclic) bond motifs is 1. The van der Waals surface area contributed by atoms with Gasteiger partial charge in [-0.05, 0) is 30.9 Å². The molecule has 154 valence electrons. The molecule has 28 heavy (non-hydrogen) atoms. The third kappa shape index (κ3) is 4.67. The molecule has 7 nitrogen and oxygen atoms in total. The van der Waals surface area contributed by atoms with Crippen molar-refractivity contribution in [1.82, 2.24) is 9.62 Å². The number of nitrogens with zero attached hydrogens (tertiary/aromatic N) is 1. The Kier molecular flexibility index (Phi) is 6.30. The summed E-state index contributed by atoms with van der Waals surface area (Å²) < 4.78 is 39.7. The number of rotatable bonds is 5. The molecule has 1 saturated heterocycles. The number of nitrogens with one attached hydrogen (secondary N) is 1. The summed E-state index contributed by atoms with van der Waals surface area (Å²) >= 11 is 0. The van der Waals surface area contributed by atoms with E-state index in [1.165, 1.54) is 12.1 Å². The molecular weight excluding hydrogens is 380 g/mol. The highest BCUT2D eigenvalue weighted by molar-refractivity contribution is 7.89. The Hall–Kier alpha value is -2.06. The molecule has 2 aliphatic rings. The molecule has 0 spiro atoms. The second-order valence-electron chi connectivity index (χ2n) is 7.58. The number of amides is 1. The summed E-state index contributed by atoms with van der Waals surface area (Å²) in [5, 5.41) is 0. The Balaban J connectivity index is 1.79. The van der Waals surface area contributed by atoms with Gasteiger partial charge in [0.05, 0.1) is 18.1 Å². The maximum absolute atomic E-state index is 13.0. The van der Waals surface area contributed by atoms with Crippen LogP contribution in [0.4, 0.5) is 0 Å². The van der Waals surface area contributed by atoms with Gasteiger partial charge in [0.1, 0.15) is 6.04 Å². The number of piperidine rings is 1. The summed E-state index contributed by atoms with van der Waals surface area (Å²) in [7, 11) is -3.89. The van der Waals surface area contributed by atoms with Crippen LogP contribution in [0, 0.1) is 5.92 Å². The minimum absolute atomic E-state index is 0.0576. The van der Waals surface area contributed by atoms with Crippen LogP contribution in [-0.2, 0) is 14.8 Å². The second kappa shape index (κ2) is 8.53. The minimum Gasteiger partial charge on any atom is -0.490 e. The fourth-order valence-corrected chi connectivity index (χ4v) is 4.61. The Labute approximate surface area is 166 Å². The van der Waals surface area contributed by atoms with E-state index in [-0.39, 0.29) is 16.7 Å². The van der Waals surface area contributed by atoms with E-state index in [0.717, 1.165) is 24.8 Å². The summed E-state index contributed by atoms with van der Waals surface area (Å²) in [5.41, 5.74) is 1.12. The molecule has 1 aromatic rings. The number of sulfonamides is 1. The van der Waals surface area contributed by atoms with Crippen molar-refractivity contribution < 1.29 is 22.7 Å². The SMILES string of the molecule is C=C1CCN(C(=O)C(NS(=O)(=O)c2ccc3c(c2)OCCCO3)C(C)C)CC1. The molecule has 2 aliphatic heterocycles. The monoisotopic (exact) mass is 408 g/mol. The van der Waals surface area contributed by atoms with E-state index in [0.29, 0.717) is 37.8 Å². The van der Waals surface area contributed by atoms with Gasteiger partial charge in [-0.1, -0.05) is 26.0 Å². The molecule has 1 aromatic carbocycles. The van der Waals surface area contributed by atoms with Crippen LogP contribution < -0.4 is 14.2 Å². The first-order chi connectivity index (χ1) is 13.3. The van der Waals surface area contributed by atoms with Crippen LogP contribution in [-0.4, -0.2) is 51.6 Å². The average Bonchev–Trinajstić information content (AvgIpc) is 2.91. The zero-order valence-electron chi connectivity index (χ0n) is 16.4. The molecule has 0 aromatic heterocycles. The minimum atomic E-state index is -3.89. The largest absolute Gasteiger partial charge is 0.490 e. The van der Waals surface area contributed by atoms with Crippen molar-refractivity contribution in [1.29, 1.82) is 0 Å². The highest BCUT2D eigenvalue weighted by Crippen LogP contribution is 2.32. The summed E-state index contributed by atoms with van der Waals surface area (Å²) in [6.07, 6.45) is 2.25. The molecule has 1 N–H and O–H groups in total. The molecule has 0 bridgehead atoms. The Morgan fingerprint density at radius 1 is 1.14 bits per heavy atom. The zero-order chi connectivity index (χ0) is 20.3. The summed E-state index contributed by atoms with van der Waals surface area (Å²) in [6.45, 7) is 9.78. The first-order valence-electron chi connectivity index (χ1n) is 9.65. The first-order valence-corrected chi connectivity index (χ1v) is 11.1. The molecule has 1 atom stereocenters. The van der Waals surface area contributed by atoms with Crippen molar-refractivity contribution >= 4 is 15.9 Å². The lowest BCUT2D eigenvalue weighted by atomic mass is 10.0. The van der Waals surface area contributed by atoms with E-state index in [9.17, 15) is 13.2 Å². The van der Waals surface area contributed by atoms with Crippen LogP contribution in [0.25, 0.3) is 0 Å².